The predicted molar refractivity (Wildman–Crippen MR) is 159 cm³/mol. The molecule has 41 heavy (non-hydrogen) atoms. The van der Waals surface area contributed by atoms with Crippen molar-refractivity contribution < 1.29 is 36.2 Å². The highest BCUT2D eigenvalue weighted by Crippen LogP contribution is 2.30. The normalized spacial score (nSPS) is 22.5. The van der Waals surface area contributed by atoms with E-state index < -0.39 is 38.1 Å². The summed E-state index contributed by atoms with van der Waals surface area (Å²) in [6.45, 7) is 5.86. The van der Waals surface area contributed by atoms with Crippen LogP contribution in [0.5, 0.6) is 5.75 Å². The first-order chi connectivity index (χ1) is 19.2. The number of aliphatic hydroxyl groups excluding tert-OH is 1. The molecular weight excluding hydrogens is 591 g/mol. The second-order valence-corrected chi connectivity index (χ2v) is 15.5. The number of rotatable bonds is 8. The molecule has 3 rings (SSSR count). The van der Waals surface area contributed by atoms with Gasteiger partial charge in [-0.2, -0.15) is 0 Å². The van der Waals surface area contributed by atoms with Gasteiger partial charge in [0.2, 0.25) is 10.0 Å². The Bertz CT molecular complexity index is 1370. The summed E-state index contributed by atoms with van der Waals surface area (Å²) in [6.07, 6.45) is 2.60. The van der Waals surface area contributed by atoms with Crippen molar-refractivity contribution in [2.24, 2.45) is 5.92 Å². The number of hydrogen-bond acceptors (Lipinski definition) is 9. The molecule has 2 heterocycles. The molecule has 0 aliphatic carbocycles. The largest absolute Gasteiger partial charge is 0.490 e. The van der Waals surface area contributed by atoms with E-state index in [4.69, 9.17) is 9.47 Å². The number of carbonyl (C=O) groups excluding carboxylic acids is 1. The van der Waals surface area contributed by atoms with Gasteiger partial charge in [0, 0.05) is 38.3 Å². The number of nitrogens with zero attached hydrogens (tertiary/aromatic N) is 2. The molecule has 0 spiro atoms. The maximum absolute atomic E-state index is 14.1. The quantitative estimate of drug-likeness (QED) is 0.452. The summed E-state index contributed by atoms with van der Waals surface area (Å²) in [5.74, 6) is -0.444. The molecule has 4 atom stereocenters. The average Bonchev–Trinajstić information content (AvgIpc) is 3.46. The molecule has 11 nitrogen and oxygen atoms in total. The van der Waals surface area contributed by atoms with Gasteiger partial charge >= 0.3 is 0 Å². The maximum atomic E-state index is 14.1. The lowest BCUT2D eigenvalue weighted by molar-refractivity contribution is -0.00828. The minimum absolute atomic E-state index is 0.111. The molecule has 2 aromatic rings. The van der Waals surface area contributed by atoms with Crippen molar-refractivity contribution in [3.05, 3.63) is 41.3 Å². The van der Waals surface area contributed by atoms with Crippen LogP contribution in [0, 0.1) is 5.92 Å². The first-order valence-electron chi connectivity index (χ1n) is 13.5. The van der Waals surface area contributed by atoms with E-state index in [1.54, 1.807) is 30.5 Å². The van der Waals surface area contributed by atoms with Crippen LogP contribution in [0.2, 0.25) is 0 Å². The van der Waals surface area contributed by atoms with E-state index in [9.17, 15) is 26.7 Å². The van der Waals surface area contributed by atoms with Gasteiger partial charge in [-0.05, 0) is 62.8 Å². The van der Waals surface area contributed by atoms with Gasteiger partial charge in [0.1, 0.15) is 9.96 Å². The summed E-state index contributed by atoms with van der Waals surface area (Å²) >= 11 is 1.08. The van der Waals surface area contributed by atoms with Crippen LogP contribution in [0.4, 0.5) is 5.69 Å². The van der Waals surface area contributed by atoms with Gasteiger partial charge in [0.05, 0.1) is 36.7 Å². The summed E-state index contributed by atoms with van der Waals surface area (Å²) in [5, 5.41) is 11.7. The Morgan fingerprint density at radius 2 is 1.93 bits per heavy atom. The molecule has 0 saturated heterocycles. The van der Waals surface area contributed by atoms with Crippen molar-refractivity contribution >= 4 is 43.0 Å². The van der Waals surface area contributed by atoms with Gasteiger partial charge in [-0.1, -0.05) is 13.0 Å². The van der Waals surface area contributed by atoms with E-state index >= 15 is 0 Å². The standard InChI is InChI=1S/C27H41N3O8S3/c1-19-16-30(20(2)18-31)27(32)23-15-22(28-41(35,36)26-10-8-14-39-26)11-12-24(23)38-21(3)9-6-7-13-37-25(19)17-29(4)40(5,33)34/h8,10-12,14-15,19-21,25,28,31H,6-7,9,13,16-18H2,1-5H3/t19-,20+,21-,25-/m1/s1. The molecular formula is C27H41N3O8S3. The summed E-state index contributed by atoms with van der Waals surface area (Å²) < 4.78 is 66.3. The van der Waals surface area contributed by atoms with Crippen molar-refractivity contribution in [1.29, 1.82) is 0 Å². The van der Waals surface area contributed by atoms with Crippen molar-refractivity contribution in [2.75, 3.05) is 44.3 Å². The number of benzene rings is 1. The molecule has 0 bridgehead atoms. The van der Waals surface area contributed by atoms with Crippen LogP contribution in [0.1, 0.15) is 50.4 Å². The Kier molecular flexibility index (Phi) is 11.6. The lowest BCUT2D eigenvalue weighted by Crippen LogP contribution is -2.47. The van der Waals surface area contributed by atoms with Crippen LogP contribution in [-0.2, 0) is 24.8 Å². The van der Waals surface area contributed by atoms with Gasteiger partial charge in [0.25, 0.3) is 15.9 Å². The molecule has 230 valence electrons. The number of fused-ring (bicyclic) bond motifs is 1. The zero-order valence-electron chi connectivity index (χ0n) is 24.1. The lowest BCUT2D eigenvalue weighted by atomic mass is 10.0. The molecule has 1 amide bonds. The Hall–Kier alpha value is -2.23. The minimum Gasteiger partial charge on any atom is -0.490 e. The molecule has 0 radical (unpaired) electrons. The van der Waals surface area contributed by atoms with Gasteiger partial charge < -0.3 is 19.5 Å². The minimum atomic E-state index is -3.86. The van der Waals surface area contributed by atoms with Crippen LogP contribution in [0.3, 0.4) is 0 Å². The van der Waals surface area contributed by atoms with Gasteiger partial charge in [-0.3, -0.25) is 9.52 Å². The lowest BCUT2D eigenvalue weighted by Gasteiger charge is -2.35. The average molecular weight is 632 g/mol. The number of sulfonamides is 2. The second-order valence-electron chi connectivity index (χ2n) is 10.6. The molecule has 1 aromatic heterocycles. The molecule has 1 aliphatic rings. The van der Waals surface area contributed by atoms with Gasteiger partial charge in [0.15, 0.2) is 0 Å². The third-order valence-corrected chi connectivity index (χ3v) is 11.1. The summed E-state index contributed by atoms with van der Waals surface area (Å²) in [6, 6.07) is 7.13. The SMILES string of the molecule is C[C@@H]1CCCCO[C@H](CN(C)S(C)(=O)=O)[C@H](C)CN([C@@H](C)CO)C(=O)c2cc(NS(=O)(=O)c3cccs3)ccc2O1. The van der Waals surface area contributed by atoms with Crippen molar-refractivity contribution in [3.8, 4) is 5.75 Å². The fourth-order valence-electron chi connectivity index (χ4n) is 4.46. The molecule has 2 N–H and O–H groups in total. The van der Waals surface area contributed by atoms with Crippen molar-refractivity contribution in [1.82, 2.24) is 9.21 Å². The first-order valence-corrected chi connectivity index (χ1v) is 17.8. The number of ether oxygens (including phenoxy) is 2. The summed E-state index contributed by atoms with van der Waals surface area (Å²) in [4.78, 5) is 15.6. The van der Waals surface area contributed by atoms with E-state index in [-0.39, 0.29) is 47.2 Å². The number of carbonyl (C=O) groups is 1. The summed E-state index contributed by atoms with van der Waals surface area (Å²) in [5.41, 5.74) is 0.349. The van der Waals surface area contributed by atoms with Crippen LogP contribution in [0.15, 0.2) is 39.9 Å². The third-order valence-electron chi connectivity index (χ3n) is 7.07. The van der Waals surface area contributed by atoms with E-state index in [1.807, 2.05) is 13.8 Å². The molecule has 0 unspecified atom stereocenters. The van der Waals surface area contributed by atoms with E-state index in [0.29, 0.717) is 18.8 Å². The van der Waals surface area contributed by atoms with E-state index in [2.05, 4.69) is 4.72 Å². The van der Waals surface area contributed by atoms with Crippen LogP contribution >= 0.6 is 11.3 Å². The number of likely N-dealkylation sites (N-methyl/N-ethyl adjacent to an activating group) is 1. The topological polar surface area (TPSA) is 143 Å². The Labute approximate surface area is 247 Å². The number of nitrogens with one attached hydrogen (secondary N) is 1. The monoisotopic (exact) mass is 631 g/mol. The Morgan fingerprint density at radius 3 is 2.56 bits per heavy atom. The molecule has 0 saturated carbocycles. The van der Waals surface area contributed by atoms with Gasteiger partial charge in [-0.25, -0.2) is 21.1 Å². The van der Waals surface area contributed by atoms with Crippen molar-refractivity contribution in [2.45, 2.75) is 62.5 Å². The number of hydrogen-bond donors (Lipinski definition) is 2. The first kappa shape index (κ1) is 33.3. The fraction of sp³-hybridized carbons (Fsp3) is 0.593. The highest BCUT2D eigenvalue weighted by Gasteiger charge is 2.31. The maximum Gasteiger partial charge on any atom is 0.271 e. The highest BCUT2D eigenvalue weighted by molar-refractivity contribution is 7.94. The molecule has 0 fully saturated rings. The van der Waals surface area contributed by atoms with Crippen molar-refractivity contribution in [3.63, 3.8) is 0 Å². The van der Waals surface area contributed by atoms with E-state index in [1.165, 1.54) is 28.4 Å². The van der Waals surface area contributed by atoms with Crippen LogP contribution in [-0.4, -0.2) is 94.9 Å². The molecule has 1 aromatic carbocycles. The van der Waals surface area contributed by atoms with Crippen LogP contribution < -0.4 is 9.46 Å². The van der Waals surface area contributed by atoms with Gasteiger partial charge in [-0.15, -0.1) is 11.3 Å². The predicted octanol–water partition coefficient (Wildman–Crippen LogP) is 3.24. The summed E-state index contributed by atoms with van der Waals surface area (Å²) in [7, 11) is -5.82. The highest BCUT2D eigenvalue weighted by atomic mass is 32.2. The number of amides is 1. The van der Waals surface area contributed by atoms with Crippen LogP contribution in [0.25, 0.3) is 0 Å². The molecule has 14 heteroatoms. The number of thiophene rings is 1. The second kappa shape index (κ2) is 14.3. The fourth-order valence-corrected chi connectivity index (χ4v) is 6.92. The Balaban J connectivity index is 2.02. The molecule has 1 aliphatic heterocycles. The smallest absolute Gasteiger partial charge is 0.271 e. The number of aliphatic hydroxyl groups is 1. The zero-order valence-corrected chi connectivity index (χ0v) is 26.6. The zero-order chi connectivity index (χ0) is 30.4. The third kappa shape index (κ3) is 9.13. The van der Waals surface area contributed by atoms with E-state index in [0.717, 1.165) is 30.4 Å². The Morgan fingerprint density at radius 1 is 1.20 bits per heavy atom. The number of anilines is 1.